The second-order valence-electron chi connectivity index (χ2n) is 6.58. The van der Waals surface area contributed by atoms with Gasteiger partial charge in [-0.25, -0.2) is 4.39 Å². The van der Waals surface area contributed by atoms with E-state index in [0.717, 1.165) is 11.3 Å². The molecule has 2 amide bonds. The lowest BCUT2D eigenvalue weighted by Gasteiger charge is -2.08. The third-order valence-corrected chi connectivity index (χ3v) is 5.19. The molecule has 1 heterocycles. The van der Waals surface area contributed by atoms with Crippen molar-refractivity contribution in [1.82, 2.24) is 14.8 Å². The molecule has 0 saturated heterocycles. The number of aromatic nitrogens is 3. The topological polar surface area (TPSA) is 88.9 Å². The molecular weight excluding hydrogens is 405 g/mol. The van der Waals surface area contributed by atoms with Crippen LogP contribution in [0.25, 0.3) is 0 Å². The summed E-state index contributed by atoms with van der Waals surface area (Å²) in [5.74, 6) is -0.124. The van der Waals surface area contributed by atoms with E-state index in [-0.39, 0.29) is 29.8 Å². The molecule has 2 N–H and O–H groups in total. The van der Waals surface area contributed by atoms with Crippen LogP contribution < -0.4 is 10.6 Å². The summed E-state index contributed by atoms with van der Waals surface area (Å²) >= 11 is 1.26. The van der Waals surface area contributed by atoms with Crippen molar-refractivity contribution in [3.63, 3.8) is 0 Å². The van der Waals surface area contributed by atoms with Crippen LogP contribution in [-0.2, 0) is 22.6 Å². The van der Waals surface area contributed by atoms with Crippen molar-refractivity contribution in [2.75, 3.05) is 16.4 Å². The molecule has 0 bridgehead atoms. The summed E-state index contributed by atoms with van der Waals surface area (Å²) in [4.78, 5) is 24.5. The molecule has 0 aliphatic heterocycles. The smallest absolute Gasteiger partial charge is 0.234 e. The van der Waals surface area contributed by atoms with Crippen molar-refractivity contribution in [3.05, 3.63) is 65.7 Å². The number of carbonyl (C=O) groups excluding carboxylic acids is 2. The van der Waals surface area contributed by atoms with Gasteiger partial charge < -0.3 is 15.2 Å². The molecule has 1 aromatic heterocycles. The summed E-state index contributed by atoms with van der Waals surface area (Å²) in [5.41, 5.74) is 2.36. The van der Waals surface area contributed by atoms with Crippen LogP contribution in [0.1, 0.15) is 18.3 Å². The Labute approximate surface area is 178 Å². The zero-order valence-electron chi connectivity index (χ0n) is 16.7. The highest BCUT2D eigenvalue weighted by atomic mass is 32.2. The lowest BCUT2D eigenvalue weighted by atomic mass is 10.2. The van der Waals surface area contributed by atoms with E-state index >= 15 is 0 Å². The Kier molecular flexibility index (Phi) is 7.18. The molecule has 0 unspecified atom stereocenters. The molecule has 3 rings (SSSR count). The lowest BCUT2D eigenvalue weighted by Crippen LogP contribution is -2.18. The molecule has 0 radical (unpaired) electrons. The number of aryl methyl sites for hydroxylation is 1. The summed E-state index contributed by atoms with van der Waals surface area (Å²) in [6.07, 6.45) is 0.0222. The van der Waals surface area contributed by atoms with Crippen LogP contribution in [0, 0.1) is 12.7 Å². The van der Waals surface area contributed by atoms with E-state index in [2.05, 4.69) is 20.8 Å². The molecule has 7 nitrogen and oxygen atoms in total. The van der Waals surface area contributed by atoms with Gasteiger partial charge in [0.25, 0.3) is 0 Å². The van der Waals surface area contributed by atoms with Crippen molar-refractivity contribution in [2.24, 2.45) is 0 Å². The van der Waals surface area contributed by atoms with E-state index in [9.17, 15) is 14.0 Å². The molecule has 0 aliphatic carbocycles. The van der Waals surface area contributed by atoms with Gasteiger partial charge >= 0.3 is 0 Å². The zero-order valence-corrected chi connectivity index (χ0v) is 17.5. The Balaban J connectivity index is 1.56. The molecule has 9 heteroatoms. The van der Waals surface area contributed by atoms with Crippen molar-refractivity contribution in [3.8, 4) is 0 Å². The summed E-state index contributed by atoms with van der Waals surface area (Å²) in [5, 5.41) is 14.3. The molecule has 30 heavy (non-hydrogen) atoms. The minimum Gasteiger partial charge on any atom is -0.326 e. The SMILES string of the molecule is CCn1c(CC(=O)Nc2ccc(F)cc2)nnc1SCC(=O)Nc1ccc(C)cc1. The van der Waals surface area contributed by atoms with Gasteiger partial charge in [-0.05, 0) is 50.2 Å². The number of rotatable bonds is 8. The third kappa shape index (κ3) is 5.90. The number of carbonyl (C=O) groups is 2. The Hall–Kier alpha value is -3.20. The largest absolute Gasteiger partial charge is 0.326 e. The van der Waals surface area contributed by atoms with Gasteiger partial charge in [0.15, 0.2) is 5.16 Å². The molecule has 0 aliphatic rings. The van der Waals surface area contributed by atoms with E-state index in [0.29, 0.717) is 23.2 Å². The molecule has 0 fully saturated rings. The highest BCUT2D eigenvalue weighted by Crippen LogP contribution is 2.19. The molecule has 0 spiro atoms. The fourth-order valence-electron chi connectivity index (χ4n) is 2.72. The third-order valence-electron chi connectivity index (χ3n) is 4.22. The summed E-state index contributed by atoms with van der Waals surface area (Å²) in [6.45, 7) is 4.46. The summed E-state index contributed by atoms with van der Waals surface area (Å²) in [6, 6.07) is 13.1. The number of nitrogens with one attached hydrogen (secondary N) is 2. The van der Waals surface area contributed by atoms with E-state index in [1.165, 1.54) is 36.0 Å². The van der Waals surface area contributed by atoms with Crippen LogP contribution in [-0.4, -0.2) is 32.3 Å². The average Bonchev–Trinajstić information content (AvgIpc) is 3.11. The predicted molar refractivity (Wildman–Crippen MR) is 115 cm³/mol. The van der Waals surface area contributed by atoms with E-state index in [4.69, 9.17) is 0 Å². The van der Waals surface area contributed by atoms with Crippen LogP contribution in [0.5, 0.6) is 0 Å². The van der Waals surface area contributed by atoms with E-state index in [1.54, 1.807) is 4.57 Å². The Bertz CT molecular complexity index is 1020. The van der Waals surface area contributed by atoms with Crippen LogP contribution in [0.4, 0.5) is 15.8 Å². The number of halogens is 1. The monoisotopic (exact) mass is 427 g/mol. The second-order valence-corrected chi connectivity index (χ2v) is 7.52. The van der Waals surface area contributed by atoms with E-state index < -0.39 is 0 Å². The van der Waals surface area contributed by atoms with Gasteiger partial charge in [-0.3, -0.25) is 9.59 Å². The summed E-state index contributed by atoms with van der Waals surface area (Å²) in [7, 11) is 0. The quantitative estimate of drug-likeness (QED) is 0.536. The van der Waals surface area contributed by atoms with Gasteiger partial charge in [0.2, 0.25) is 11.8 Å². The fourth-order valence-corrected chi connectivity index (χ4v) is 3.54. The number of nitrogens with zero attached hydrogens (tertiary/aromatic N) is 3. The van der Waals surface area contributed by atoms with E-state index in [1.807, 2.05) is 38.1 Å². The van der Waals surface area contributed by atoms with Crippen LogP contribution in [0.3, 0.4) is 0 Å². The minimum atomic E-state index is -0.369. The van der Waals surface area contributed by atoms with Gasteiger partial charge in [0, 0.05) is 17.9 Å². The standard InChI is InChI=1S/C21H22FN5O2S/c1-3-27-18(12-19(28)23-17-10-6-15(22)7-11-17)25-26-21(27)30-13-20(29)24-16-8-4-14(2)5-9-16/h4-11H,3,12-13H2,1-2H3,(H,23,28)(H,24,29). The van der Waals surface area contributed by atoms with Crippen molar-refractivity contribution in [2.45, 2.75) is 32.0 Å². The predicted octanol–water partition coefficient (Wildman–Crippen LogP) is 3.66. The van der Waals surface area contributed by atoms with Crippen molar-refractivity contribution >= 4 is 35.0 Å². The number of hydrogen-bond acceptors (Lipinski definition) is 5. The molecule has 3 aromatic rings. The Morgan fingerprint density at radius 3 is 2.20 bits per heavy atom. The number of hydrogen-bond donors (Lipinski definition) is 2. The normalized spacial score (nSPS) is 10.6. The van der Waals surface area contributed by atoms with Crippen LogP contribution in [0.2, 0.25) is 0 Å². The van der Waals surface area contributed by atoms with Gasteiger partial charge in [-0.2, -0.15) is 0 Å². The van der Waals surface area contributed by atoms with Gasteiger partial charge in [0.05, 0.1) is 12.2 Å². The molecule has 0 saturated carbocycles. The fraction of sp³-hybridized carbons (Fsp3) is 0.238. The number of thioether (sulfide) groups is 1. The molecule has 0 atom stereocenters. The highest BCUT2D eigenvalue weighted by molar-refractivity contribution is 7.99. The van der Waals surface area contributed by atoms with Gasteiger partial charge in [0.1, 0.15) is 11.6 Å². The maximum absolute atomic E-state index is 13.0. The first-order valence-corrected chi connectivity index (χ1v) is 10.4. The first kappa shape index (κ1) is 21.5. The van der Waals surface area contributed by atoms with Crippen LogP contribution >= 0.6 is 11.8 Å². The number of amides is 2. The minimum absolute atomic E-state index is 0.0222. The maximum atomic E-state index is 13.0. The first-order valence-electron chi connectivity index (χ1n) is 9.41. The van der Waals surface area contributed by atoms with Gasteiger partial charge in [-0.1, -0.05) is 29.5 Å². The Morgan fingerprint density at radius 2 is 1.57 bits per heavy atom. The van der Waals surface area contributed by atoms with Crippen molar-refractivity contribution < 1.29 is 14.0 Å². The average molecular weight is 428 g/mol. The molecular formula is C21H22FN5O2S. The second kappa shape index (κ2) is 10.0. The zero-order chi connectivity index (χ0) is 21.5. The van der Waals surface area contributed by atoms with Crippen LogP contribution in [0.15, 0.2) is 53.7 Å². The van der Waals surface area contributed by atoms with Gasteiger partial charge in [-0.15, -0.1) is 10.2 Å². The lowest BCUT2D eigenvalue weighted by molar-refractivity contribution is -0.116. The van der Waals surface area contributed by atoms with Crippen molar-refractivity contribution in [1.29, 1.82) is 0 Å². The number of benzene rings is 2. The molecule has 2 aromatic carbocycles. The first-order chi connectivity index (χ1) is 14.4. The summed E-state index contributed by atoms with van der Waals surface area (Å²) < 4.78 is 14.8. The number of anilines is 2. The maximum Gasteiger partial charge on any atom is 0.234 e. The highest BCUT2D eigenvalue weighted by Gasteiger charge is 2.16. The Morgan fingerprint density at radius 1 is 0.967 bits per heavy atom. The molecule has 156 valence electrons.